The number of benzene rings is 2. The van der Waals surface area contributed by atoms with Gasteiger partial charge in [-0.05, 0) is 72.4 Å². The Hall–Kier alpha value is -3.93. The third kappa shape index (κ3) is 4.32. The van der Waals surface area contributed by atoms with Crippen LogP contribution in [0.5, 0.6) is 5.75 Å². The van der Waals surface area contributed by atoms with Gasteiger partial charge in [-0.3, -0.25) is 19.5 Å². The maximum absolute atomic E-state index is 13.4. The maximum atomic E-state index is 13.4. The van der Waals surface area contributed by atoms with Gasteiger partial charge in [0, 0.05) is 17.4 Å². The molecule has 0 aliphatic carbocycles. The molecule has 1 atom stereocenters. The highest BCUT2D eigenvalue weighted by atomic mass is 16.5. The zero-order valence-electron chi connectivity index (χ0n) is 20.7. The average Bonchev–Trinajstić information content (AvgIpc) is 3.14. The second-order valence-corrected chi connectivity index (χ2v) is 9.01. The highest BCUT2D eigenvalue weighted by Crippen LogP contribution is 2.43. The number of anilines is 1. The molecule has 6 nitrogen and oxygen atoms in total. The number of hydrogen-bond acceptors (Lipinski definition) is 5. The van der Waals surface area contributed by atoms with E-state index in [1.165, 1.54) is 4.90 Å². The number of amides is 1. The Labute approximate surface area is 205 Å². The number of rotatable bonds is 6. The van der Waals surface area contributed by atoms with E-state index in [9.17, 15) is 14.7 Å². The molecule has 2 aromatic carbocycles. The number of hydrogen-bond donors (Lipinski definition) is 1. The number of carbonyl (C=O) groups excluding carboxylic acids is 2. The number of ketones is 1. The van der Waals surface area contributed by atoms with Gasteiger partial charge in [0.05, 0.1) is 18.4 Å². The van der Waals surface area contributed by atoms with Gasteiger partial charge in [-0.2, -0.15) is 0 Å². The summed E-state index contributed by atoms with van der Waals surface area (Å²) in [5, 5.41) is 11.5. The molecule has 1 amide bonds. The van der Waals surface area contributed by atoms with Crippen LogP contribution in [-0.4, -0.2) is 28.9 Å². The SMILES string of the molecule is CCc1ccc(N2C(=O)C(=O)/C(=C(/O)c3cc(C(C)C)c(OC)cc3C)C2c2ccccn2)cc1. The molecule has 2 heterocycles. The third-order valence-electron chi connectivity index (χ3n) is 6.49. The molecule has 0 bridgehead atoms. The highest BCUT2D eigenvalue weighted by molar-refractivity contribution is 6.51. The molecule has 0 spiro atoms. The number of nitrogens with zero attached hydrogens (tertiary/aromatic N) is 2. The van der Waals surface area contributed by atoms with E-state index in [1.54, 1.807) is 31.5 Å². The molecule has 35 heavy (non-hydrogen) atoms. The first-order valence-corrected chi connectivity index (χ1v) is 11.8. The molecule has 180 valence electrons. The van der Waals surface area contributed by atoms with Crippen LogP contribution in [0.1, 0.15) is 60.7 Å². The number of aromatic nitrogens is 1. The summed E-state index contributed by atoms with van der Waals surface area (Å²) >= 11 is 0. The Morgan fingerprint density at radius 1 is 1.11 bits per heavy atom. The largest absolute Gasteiger partial charge is 0.507 e. The second kappa shape index (κ2) is 9.74. The van der Waals surface area contributed by atoms with Crippen molar-refractivity contribution in [2.75, 3.05) is 12.0 Å². The first kappa shape index (κ1) is 24.2. The summed E-state index contributed by atoms with van der Waals surface area (Å²) in [6, 6.07) is 15.7. The minimum Gasteiger partial charge on any atom is -0.507 e. The van der Waals surface area contributed by atoms with E-state index in [4.69, 9.17) is 4.74 Å². The summed E-state index contributed by atoms with van der Waals surface area (Å²) in [6.45, 7) is 7.96. The van der Waals surface area contributed by atoms with Gasteiger partial charge < -0.3 is 9.84 Å². The van der Waals surface area contributed by atoms with Crippen molar-refractivity contribution in [3.63, 3.8) is 0 Å². The van der Waals surface area contributed by atoms with Gasteiger partial charge in [0.25, 0.3) is 11.7 Å². The van der Waals surface area contributed by atoms with Gasteiger partial charge in [-0.15, -0.1) is 0 Å². The summed E-state index contributed by atoms with van der Waals surface area (Å²) in [7, 11) is 1.61. The van der Waals surface area contributed by atoms with Crippen molar-refractivity contribution in [2.45, 2.75) is 46.1 Å². The number of ether oxygens (including phenoxy) is 1. The fourth-order valence-electron chi connectivity index (χ4n) is 4.53. The van der Waals surface area contributed by atoms with Crippen molar-refractivity contribution < 1.29 is 19.4 Å². The molecule has 1 fully saturated rings. The number of aliphatic hydroxyl groups is 1. The van der Waals surface area contributed by atoms with Crippen LogP contribution in [0.3, 0.4) is 0 Å². The first-order chi connectivity index (χ1) is 16.8. The van der Waals surface area contributed by atoms with Crippen molar-refractivity contribution in [1.82, 2.24) is 4.98 Å². The fraction of sp³-hybridized carbons (Fsp3) is 0.276. The van der Waals surface area contributed by atoms with Gasteiger partial charge in [0.2, 0.25) is 0 Å². The van der Waals surface area contributed by atoms with Gasteiger partial charge in [-0.1, -0.05) is 39.0 Å². The molecule has 1 aromatic heterocycles. The molecule has 6 heteroatoms. The van der Waals surface area contributed by atoms with E-state index in [2.05, 4.69) is 11.9 Å². The van der Waals surface area contributed by atoms with Crippen LogP contribution in [0.15, 0.2) is 66.4 Å². The Morgan fingerprint density at radius 2 is 1.83 bits per heavy atom. The Kier molecular flexibility index (Phi) is 6.74. The third-order valence-corrected chi connectivity index (χ3v) is 6.49. The Balaban J connectivity index is 1.95. The quantitative estimate of drug-likeness (QED) is 0.284. The Bertz CT molecular complexity index is 1290. The number of pyridine rings is 1. The summed E-state index contributed by atoms with van der Waals surface area (Å²) in [5.74, 6) is -0.801. The number of aliphatic hydroxyl groups excluding tert-OH is 1. The van der Waals surface area contributed by atoms with Crippen LogP contribution in [0, 0.1) is 6.92 Å². The molecule has 4 rings (SSSR count). The lowest BCUT2D eigenvalue weighted by molar-refractivity contribution is -0.132. The molecule has 1 N–H and O–H groups in total. The van der Waals surface area contributed by atoms with Crippen molar-refractivity contribution in [1.29, 1.82) is 0 Å². The standard InChI is InChI=1S/C29H30N2O4/c1-6-19-10-12-20(13-11-19)31-26(23-9-7-8-14-30-23)25(28(33)29(31)34)27(32)22-16-21(17(2)3)24(35-5)15-18(22)4/h7-17,26,32H,6H2,1-5H3/b27-25+. The van der Waals surface area contributed by atoms with E-state index < -0.39 is 17.7 Å². The minimum atomic E-state index is -0.854. The average molecular weight is 471 g/mol. The molecule has 1 aliphatic rings. The molecule has 3 aromatic rings. The monoisotopic (exact) mass is 470 g/mol. The van der Waals surface area contributed by atoms with Gasteiger partial charge >= 0.3 is 0 Å². The van der Waals surface area contributed by atoms with Crippen LogP contribution in [0.25, 0.3) is 5.76 Å². The van der Waals surface area contributed by atoms with Gasteiger partial charge in [-0.25, -0.2) is 0 Å². The molecule has 1 unspecified atom stereocenters. The summed E-state index contributed by atoms with van der Waals surface area (Å²) in [6.07, 6.45) is 2.48. The second-order valence-electron chi connectivity index (χ2n) is 9.01. The normalized spacial score (nSPS) is 17.3. The number of Topliss-reactive ketones (excluding diaryl/α,β-unsaturated/α-hetero) is 1. The van der Waals surface area contributed by atoms with Crippen molar-refractivity contribution >= 4 is 23.1 Å². The van der Waals surface area contributed by atoms with E-state index in [1.807, 2.05) is 57.2 Å². The lowest BCUT2D eigenvalue weighted by Gasteiger charge is -2.25. The van der Waals surface area contributed by atoms with Crippen LogP contribution in [0.2, 0.25) is 0 Å². The van der Waals surface area contributed by atoms with Crippen LogP contribution in [-0.2, 0) is 16.0 Å². The summed E-state index contributed by atoms with van der Waals surface area (Å²) in [4.78, 5) is 32.6. The van der Waals surface area contributed by atoms with E-state index >= 15 is 0 Å². The summed E-state index contributed by atoms with van der Waals surface area (Å²) < 4.78 is 5.53. The fourth-order valence-corrected chi connectivity index (χ4v) is 4.53. The Morgan fingerprint density at radius 3 is 2.40 bits per heavy atom. The molecule has 0 saturated carbocycles. The zero-order chi connectivity index (χ0) is 25.3. The van der Waals surface area contributed by atoms with Crippen molar-refractivity contribution in [3.8, 4) is 5.75 Å². The van der Waals surface area contributed by atoms with E-state index in [-0.39, 0.29) is 17.3 Å². The molecule has 1 aliphatic heterocycles. The van der Waals surface area contributed by atoms with E-state index in [0.29, 0.717) is 22.7 Å². The number of methoxy groups -OCH3 is 1. The topological polar surface area (TPSA) is 79.7 Å². The highest BCUT2D eigenvalue weighted by Gasteiger charge is 2.47. The predicted octanol–water partition coefficient (Wildman–Crippen LogP) is 5.71. The van der Waals surface area contributed by atoms with Crippen molar-refractivity contribution in [3.05, 3.63) is 94.3 Å². The smallest absolute Gasteiger partial charge is 0.300 e. The van der Waals surface area contributed by atoms with Crippen LogP contribution >= 0.6 is 0 Å². The number of aryl methyl sites for hydroxylation is 2. The molecular weight excluding hydrogens is 440 g/mol. The molecule has 1 saturated heterocycles. The lowest BCUT2D eigenvalue weighted by atomic mass is 9.92. The summed E-state index contributed by atoms with van der Waals surface area (Å²) in [5.41, 5.74) is 4.36. The van der Waals surface area contributed by atoms with Crippen LogP contribution in [0.4, 0.5) is 5.69 Å². The number of carbonyl (C=O) groups is 2. The molecular formula is C29H30N2O4. The van der Waals surface area contributed by atoms with Crippen molar-refractivity contribution in [2.24, 2.45) is 0 Å². The van der Waals surface area contributed by atoms with Gasteiger partial charge in [0.1, 0.15) is 17.6 Å². The lowest BCUT2D eigenvalue weighted by Crippen LogP contribution is -2.29. The van der Waals surface area contributed by atoms with E-state index in [0.717, 1.165) is 23.1 Å². The predicted molar refractivity (Wildman–Crippen MR) is 137 cm³/mol. The first-order valence-electron chi connectivity index (χ1n) is 11.8. The minimum absolute atomic E-state index is 0.0243. The zero-order valence-corrected chi connectivity index (χ0v) is 20.7. The van der Waals surface area contributed by atoms with Crippen LogP contribution < -0.4 is 9.64 Å². The maximum Gasteiger partial charge on any atom is 0.300 e. The van der Waals surface area contributed by atoms with Gasteiger partial charge in [0.15, 0.2) is 0 Å². The molecule has 0 radical (unpaired) electrons.